The summed E-state index contributed by atoms with van der Waals surface area (Å²) in [7, 11) is 0. The third kappa shape index (κ3) is 3.43. The van der Waals surface area contributed by atoms with Gasteiger partial charge in [-0.05, 0) is 25.0 Å². The molecule has 0 radical (unpaired) electrons. The van der Waals surface area contributed by atoms with Gasteiger partial charge in [0, 0.05) is 51.0 Å². The van der Waals surface area contributed by atoms with Crippen LogP contribution in [0, 0.1) is 0 Å². The van der Waals surface area contributed by atoms with Crippen LogP contribution in [0.1, 0.15) is 23.3 Å². The van der Waals surface area contributed by atoms with Gasteiger partial charge >= 0.3 is 0 Å². The maximum Gasteiger partial charge on any atom is 0.272 e. The summed E-state index contributed by atoms with van der Waals surface area (Å²) < 4.78 is 0. The highest BCUT2D eigenvalue weighted by Gasteiger charge is 2.24. The van der Waals surface area contributed by atoms with Crippen molar-refractivity contribution in [3.8, 4) is 0 Å². The van der Waals surface area contributed by atoms with Gasteiger partial charge in [0.2, 0.25) is 0 Å². The third-order valence-electron chi connectivity index (χ3n) is 4.99. The highest BCUT2D eigenvalue weighted by molar-refractivity contribution is 5.93. The van der Waals surface area contributed by atoms with Crippen molar-refractivity contribution in [1.82, 2.24) is 14.9 Å². The van der Waals surface area contributed by atoms with Crippen LogP contribution in [0.3, 0.4) is 0 Å². The Kier molecular flexibility index (Phi) is 4.50. The summed E-state index contributed by atoms with van der Waals surface area (Å²) in [5, 5.41) is 0. The van der Waals surface area contributed by atoms with Crippen molar-refractivity contribution in [3.63, 3.8) is 0 Å². The van der Waals surface area contributed by atoms with E-state index in [0.29, 0.717) is 5.69 Å². The van der Waals surface area contributed by atoms with Gasteiger partial charge in [-0.2, -0.15) is 0 Å². The number of aromatic nitrogens is 2. The number of benzene rings is 1. The fourth-order valence-corrected chi connectivity index (χ4v) is 3.55. The minimum Gasteiger partial charge on any atom is -0.368 e. The molecule has 2 aromatic rings. The minimum atomic E-state index is 0.00978. The Morgan fingerprint density at radius 3 is 2.28 bits per heavy atom. The standard InChI is InChI=1S/C19H23N5O/c25-19(17-14-18(21-15-20-17)23-8-4-5-9-23)24-12-10-22(11-13-24)16-6-2-1-3-7-16/h1-3,6-7,14-15H,4-5,8-13H2. The van der Waals surface area contributed by atoms with E-state index in [1.165, 1.54) is 24.9 Å². The highest BCUT2D eigenvalue weighted by Crippen LogP contribution is 2.19. The van der Waals surface area contributed by atoms with E-state index in [9.17, 15) is 4.79 Å². The molecule has 2 aliphatic rings. The lowest BCUT2D eigenvalue weighted by Gasteiger charge is -2.36. The molecule has 0 unspecified atom stereocenters. The molecule has 1 aromatic heterocycles. The molecule has 25 heavy (non-hydrogen) atoms. The Morgan fingerprint density at radius 1 is 0.840 bits per heavy atom. The average Bonchev–Trinajstić information content (AvgIpc) is 3.23. The zero-order valence-corrected chi connectivity index (χ0v) is 14.3. The monoisotopic (exact) mass is 337 g/mol. The van der Waals surface area contributed by atoms with E-state index in [1.807, 2.05) is 29.2 Å². The Morgan fingerprint density at radius 2 is 1.56 bits per heavy atom. The number of carbonyl (C=O) groups excluding carboxylic acids is 1. The molecule has 2 fully saturated rings. The first-order valence-corrected chi connectivity index (χ1v) is 8.97. The zero-order chi connectivity index (χ0) is 17.1. The quantitative estimate of drug-likeness (QED) is 0.858. The van der Waals surface area contributed by atoms with Crippen molar-refractivity contribution in [2.24, 2.45) is 0 Å². The number of carbonyl (C=O) groups is 1. The SMILES string of the molecule is O=C(c1cc(N2CCCC2)ncn1)N1CCN(c2ccccc2)CC1. The van der Waals surface area contributed by atoms with Crippen LogP contribution in [0.2, 0.25) is 0 Å². The summed E-state index contributed by atoms with van der Waals surface area (Å²) in [5.41, 5.74) is 1.72. The second kappa shape index (κ2) is 7.09. The number of hydrogen-bond acceptors (Lipinski definition) is 5. The van der Waals surface area contributed by atoms with E-state index in [0.717, 1.165) is 45.1 Å². The van der Waals surface area contributed by atoms with Crippen molar-refractivity contribution in [1.29, 1.82) is 0 Å². The molecule has 0 bridgehead atoms. The van der Waals surface area contributed by atoms with E-state index >= 15 is 0 Å². The Bertz CT molecular complexity index is 722. The normalized spacial score (nSPS) is 17.8. The molecule has 0 N–H and O–H groups in total. The summed E-state index contributed by atoms with van der Waals surface area (Å²) in [6.45, 7) is 5.16. The third-order valence-corrected chi connectivity index (χ3v) is 4.99. The molecule has 0 atom stereocenters. The topological polar surface area (TPSA) is 52.6 Å². The maximum absolute atomic E-state index is 12.8. The van der Waals surface area contributed by atoms with Gasteiger partial charge in [0.25, 0.3) is 5.91 Å². The molecule has 130 valence electrons. The van der Waals surface area contributed by atoms with E-state index in [-0.39, 0.29) is 5.91 Å². The molecule has 2 saturated heterocycles. The fourth-order valence-electron chi connectivity index (χ4n) is 3.55. The van der Waals surface area contributed by atoms with Gasteiger partial charge in [-0.15, -0.1) is 0 Å². The van der Waals surface area contributed by atoms with Crippen molar-refractivity contribution in [2.45, 2.75) is 12.8 Å². The predicted molar refractivity (Wildman–Crippen MR) is 98.0 cm³/mol. The number of amides is 1. The molecule has 2 aliphatic heterocycles. The number of nitrogens with zero attached hydrogens (tertiary/aromatic N) is 5. The maximum atomic E-state index is 12.8. The number of para-hydroxylation sites is 1. The van der Waals surface area contributed by atoms with Gasteiger partial charge in [0.1, 0.15) is 17.8 Å². The second-order valence-electron chi connectivity index (χ2n) is 6.57. The van der Waals surface area contributed by atoms with Crippen molar-refractivity contribution >= 4 is 17.4 Å². The summed E-state index contributed by atoms with van der Waals surface area (Å²) >= 11 is 0. The van der Waals surface area contributed by atoms with Crippen LogP contribution in [-0.2, 0) is 0 Å². The number of rotatable bonds is 3. The van der Waals surface area contributed by atoms with Gasteiger partial charge < -0.3 is 14.7 Å². The molecule has 1 aromatic carbocycles. The van der Waals surface area contributed by atoms with Gasteiger partial charge in [-0.3, -0.25) is 4.79 Å². The second-order valence-corrected chi connectivity index (χ2v) is 6.57. The number of hydrogen-bond donors (Lipinski definition) is 0. The van der Waals surface area contributed by atoms with Gasteiger partial charge in [-0.1, -0.05) is 18.2 Å². The lowest BCUT2D eigenvalue weighted by atomic mass is 10.2. The highest BCUT2D eigenvalue weighted by atomic mass is 16.2. The van der Waals surface area contributed by atoms with E-state index < -0.39 is 0 Å². The Balaban J connectivity index is 1.41. The van der Waals surface area contributed by atoms with Crippen molar-refractivity contribution < 1.29 is 4.79 Å². The summed E-state index contributed by atoms with van der Waals surface area (Å²) in [6, 6.07) is 12.2. The zero-order valence-electron chi connectivity index (χ0n) is 14.3. The largest absolute Gasteiger partial charge is 0.368 e. The molecular formula is C19H23N5O. The van der Waals surface area contributed by atoms with Gasteiger partial charge in [0.05, 0.1) is 0 Å². The van der Waals surface area contributed by atoms with E-state index in [2.05, 4.69) is 31.9 Å². The van der Waals surface area contributed by atoms with Crippen LogP contribution < -0.4 is 9.80 Å². The summed E-state index contributed by atoms with van der Waals surface area (Å²) in [6.07, 6.45) is 3.89. The summed E-state index contributed by atoms with van der Waals surface area (Å²) in [4.78, 5) is 27.8. The molecule has 3 heterocycles. The molecule has 0 saturated carbocycles. The number of anilines is 2. The fraction of sp³-hybridized carbons (Fsp3) is 0.421. The minimum absolute atomic E-state index is 0.00978. The first kappa shape index (κ1) is 15.9. The van der Waals surface area contributed by atoms with Crippen LogP contribution in [-0.4, -0.2) is 60.0 Å². The van der Waals surface area contributed by atoms with Crippen LogP contribution in [0.25, 0.3) is 0 Å². The van der Waals surface area contributed by atoms with Crippen LogP contribution in [0.4, 0.5) is 11.5 Å². The van der Waals surface area contributed by atoms with Gasteiger partial charge in [-0.25, -0.2) is 9.97 Å². The number of piperazine rings is 1. The molecular weight excluding hydrogens is 314 g/mol. The predicted octanol–water partition coefficient (Wildman–Crippen LogP) is 2.04. The first-order valence-electron chi connectivity index (χ1n) is 8.97. The van der Waals surface area contributed by atoms with E-state index in [1.54, 1.807) is 0 Å². The molecule has 0 spiro atoms. The summed E-state index contributed by atoms with van der Waals surface area (Å²) in [5.74, 6) is 0.884. The Hall–Kier alpha value is -2.63. The molecule has 1 amide bonds. The van der Waals surface area contributed by atoms with Crippen LogP contribution in [0.15, 0.2) is 42.7 Å². The molecule has 6 heteroatoms. The lowest BCUT2D eigenvalue weighted by molar-refractivity contribution is 0.0740. The van der Waals surface area contributed by atoms with Crippen molar-refractivity contribution in [3.05, 3.63) is 48.4 Å². The van der Waals surface area contributed by atoms with Crippen LogP contribution >= 0.6 is 0 Å². The van der Waals surface area contributed by atoms with E-state index in [4.69, 9.17) is 0 Å². The van der Waals surface area contributed by atoms with Gasteiger partial charge in [0.15, 0.2) is 0 Å². The molecule has 0 aliphatic carbocycles. The molecule has 4 rings (SSSR count). The lowest BCUT2D eigenvalue weighted by Crippen LogP contribution is -2.49. The first-order chi connectivity index (χ1) is 12.3. The Labute approximate surface area is 148 Å². The molecule has 6 nitrogen and oxygen atoms in total. The smallest absolute Gasteiger partial charge is 0.272 e. The van der Waals surface area contributed by atoms with Crippen molar-refractivity contribution in [2.75, 3.05) is 49.1 Å². The average molecular weight is 337 g/mol. The van der Waals surface area contributed by atoms with Crippen LogP contribution in [0.5, 0.6) is 0 Å².